The standard InChI is InChI=1S/C19H18ClN3OS/c1-23-11-22-18(19(23)25-17-7-6-15(20)9-21-17)13-4-2-12(3-5-13)16-8-14(16)10-24/h2-7,9,11,14,16,24H,8,10H2,1H3. The van der Waals surface area contributed by atoms with Crippen molar-refractivity contribution >= 4 is 23.4 Å². The van der Waals surface area contributed by atoms with Crippen molar-refractivity contribution in [3.63, 3.8) is 0 Å². The molecule has 0 spiro atoms. The zero-order valence-electron chi connectivity index (χ0n) is 13.8. The summed E-state index contributed by atoms with van der Waals surface area (Å²) in [6.45, 7) is 0.279. The van der Waals surface area contributed by atoms with Crippen molar-refractivity contribution < 1.29 is 5.11 Å². The van der Waals surface area contributed by atoms with E-state index in [9.17, 15) is 5.11 Å². The summed E-state index contributed by atoms with van der Waals surface area (Å²) in [5.74, 6) is 0.942. The maximum Gasteiger partial charge on any atom is 0.109 e. The fourth-order valence-corrected chi connectivity index (χ4v) is 4.01. The van der Waals surface area contributed by atoms with Gasteiger partial charge in [-0.2, -0.15) is 0 Å². The SMILES string of the molecule is Cn1cnc(-c2ccc(C3CC3CO)cc2)c1Sc1ccc(Cl)cn1. The summed E-state index contributed by atoms with van der Waals surface area (Å²) >= 11 is 7.49. The van der Waals surface area contributed by atoms with Crippen molar-refractivity contribution in [3.05, 3.63) is 59.5 Å². The van der Waals surface area contributed by atoms with E-state index >= 15 is 0 Å². The van der Waals surface area contributed by atoms with Crippen LogP contribution >= 0.6 is 23.4 Å². The van der Waals surface area contributed by atoms with E-state index in [1.165, 1.54) is 5.56 Å². The predicted molar refractivity (Wildman–Crippen MR) is 99.9 cm³/mol. The third-order valence-electron chi connectivity index (χ3n) is 4.55. The molecule has 1 aromatic carbocycles. The van der Waals surface area contributed by atoms with Gasteiger partial charge in [-0.05, 0) is 47.7 Å². The van der Waals surface area contributed by atoms with E-state index in [4.69, 9.17) is 11.6 Å². The predicted octanol–water partition coefficient (Wildman–Crippen LogP) is 4.38. The Bertz CT molecular complexity index is 877. The summed E-state index contributed by atoms with van der Waals surface area (Å²) < 4.78 is 2.01. The highest BCUT2D eigenvalue weighted by molar-refractivity contribution is 7.99. The molecule has 2 atom stereocenters. The number of hydrogen-bond acceptors (Lipinski definition) is 4. The normalized spacial score (nSPS) is 19.2. The van der Waals surface area contributed by atoms with Crippen molar-refractivity contribution in [1.29, 1.82) is 0 Å². The number of halogens is 1. The first-order valence-electron chi connectivity index (χ1n) is 8.17. The van der Waals surface area contributed by atoms with Crippen LogP contribution in [0.2, 0.25) is 5.02 Å². The molecule has 0 saturated heterocycles. The molecule has 1 fully saturated rings. The number of aliphatic hydroxyl groups excluding tert-OH is 1. The molecule has 0 bridgehead atoms. The van der Waals surface area contributed by atoms with E-state index in [0.29, 0.717) is 16.9 Å². The smallest absolute Gasteiger partial charge is 0.109 e. The van der Waals surface area contributed by atoms with Gasteiger partial charge in [0.15, 0.2) is 0 Å². The molecule has 128 valence electrons. The summed E-state index contributed by atoms with van der Waals surface area (Å²) in [5, 5.41) is 11.8. The Balaban J connectivity index is 1.59. The number of aryl methyl sites for hydroxylation is 1. The van der Waals surface area contributed by atoms with Crippen molar-refractivity contribution in [2.45, 2.75) is 22.4 Å². The third-order valence-corrected chi connectivity index (χ3v) is 5.90. The van der Waals surface area contributed by atoms with Gasteiger partial charge in [0.2, 0.25) is 0 Å². The molecule has 1 saturated carbocycles. The number of hydrogen-bond donors (Lipinski definition) is 1. The molecule has 2 aromatic heterocycles. The Morgan fingerprint density at radius 2 is 2.00 bits per heavy atom. The lowest BCUT2D eigenvalue weighted by molar-refractivity contribution is 0.274. The molecule has 4 rings (SSSR count). The van der Waals surface area contributed by atoms with Crippen molar-refractivity contribution in [2.75, 3.05) is 6.61 Å². The molecule has 0 radical (unpaired) electrons. The number of benzene rings is 1. The Morgan fingerprint density at radius 1 is 1.20 bits per heavy atom. The second-order valence-electron chi connectivity index (χ2n) is 6.33. The zero-order valence-corrected chi connectivity index (χ0v) is 15.3. The van der Waals surface area contributed by atoms with E-state index in [0.717, 1.165) is 27.7 Å². The molecule has 2 unspecified atom stereocenters. The average Bonchev–Trinajstić information content (AvgIpc) is 3.35. The summed E-state index contributed by atoms with van der Waals surface area (Å²) in [6, 6.07) is 12.3. The van der Waals surface area contributed by atoms with Crippen LogP contribution in [0.15, 0.2) is 59.0 Å². The van der Waals surface area contributed by atoms with Crippen molar-refractivity contribution in [3.8, 4) is 11.3 Å². The fraction of sp³-hybridized carbons (Fsp3) is 0.263. The summed E-state index contributed by atoms with van der Waals surface area (Å²) in [7, 11) is 1.99. The first-order valence-corrected chi connectivity index (χ1v) is 9.37. The number of aromatic nitrogens is 3. The third kappa shape index (κ3) is 3.45. The summed E-state index contributed by atoms with van der Waals surface area (Å²) in [5.41, 5.74) is 3.33. The van der Waals surface area contributed by atoms with Gasteiger partial charge in [-0.25, -0.2) is 9.97 Å². The molecule has 3 aromatic rings. The maximum atomic E-state index is 9.24. The highest BCUT2D eigenvalue weighted by Crippen LogP contribution is 2.47. The van der Waals surface area contributed by atoms with Gasteiger partial charge >= 0.3 is 0 Å². The van der Waals surface area contributed by atoms with E-state index in [-0.39, 0.29) is 6.61 Å². The molecule has 1 aliphatic rings. The molecular weight excluding hydrogens is 354 g/mol. The molecule has 1 aliphatic carbocycles. The lowest BCUT2D eigenvalue weighted by atomic mass is 10.1. The zero-order chi connectivity index (χ0) is 17.4. The van der Waals surface area contributed by atoms with Gasteiger partial charge in [0.05, 0.1) is 11.3 Å². The fourth-order valence-electron chi connectivity index (χ4n) is 3.00. The minimum Gasteiger partial charge on any atom is -0.396 e. The van der Waals surface area contributed by atoms with Crippen LogP contribution < -0.4 is 0 Å². The van der Waals surface area contributed by atoms with Gasteiger partial charge in [0.25, 0.3) is 0 Å². The average molecular weight is 372 g/mol. The minimum absolute atomic E-state index is 0.279. The number of imidazole rings is 1. The van der Waals surface area contributed by atoms with Crippen LogP contribution in [0.4, 0.5) is 0 Å². The molecule has 6 heteroatoms. The van der Waals surface area contributed by atoms with E-state index in [1.54, 1.807) is 18.0 Å². The molecule has 25 heavy (non-hydrogen) atoms. The molecule has 0 amide bonds. The molecule has 4 nitrogen and oxygen atoms in total. The van der Waals surface area contributed by atoms with Crippen LogP contribution in [0.25, 0.3) is 11.3 Å². The summed E-state index contributed by atoms with van der Waals surface area (Å²) in [6.07, 6.45) is 4.56. The second kappa shape index (κ2) is 6.83. The van der Waals surface area contributed by atoms with Crippen LogP contribution in [0.1, 0.15) is 17.9 Å². The number of pyridine rings is 1. The van der Waals surface area contributed by atoms with Crippen molar-refractivity contribution in [2.24, 2.45) is 13.0 Å². The topological polar surface area (TPSA) is 50.9 Å². The second-order valence-corrected chi connectivity index (χ2v) is 7.78. The van der Waals surface area contributed by atoms with Gasteiger partial charge in [-0.3, -0.25) is 0 Å². The number of rotatable bonds is 5. The van der Waals surface area contributed by atoms with Gasteiger partial charge < -0.3 is 9.67 Å². The Labute approximate surface area is 155 Å². The minimum atomic E-state index is 0.279. The van der Waals surface area contributed by atoms with Gasteiger partial charge in [0, 0.05) is 25.4 Å². The monoisotopic (exact) mass is 371 g/mol. The molecule has 2 heterocycles. The van der Waals surface area contributed by atoms with Crippen LogP contribution in [-0.4, -0.2) is 26.2 Å². The maximum absolute atomic E-state index is 9.24. The Morgan fingerprint density at radius 3 is 2.64 bits per heavy atom. The van der Waals surface area contributed by atoms with Crippen molar-refractivity contribution in [1.82, 2.24) is 14.5 Å². The highest BCUT2D eigenvalue weighted by atomic mass is 35.5. The number of aliphatic hydroxyl groups is 1. The van der Waals surface area contributed by atoms with Gasteiger partial charge in [0.1, 0.15) is 15.7 Å². The molecule has 0 aliphatic heterocycles. The Hall–Kier alpha value is -1.82. The van der Waals surface area contributed by atoms with E-state index in [1.807, 2.05) is 30.1 Å². The largest absolute Gasteiger partial charge is 0.396 e. The molecular formula is C19H18ClN3OS. The van der Waals surface area contributed by atoms with Crippen LogP contribution in [0, 0.1) is 5.92 Å². The first-order chi connectivity index (χ1) is 12.2. The van der Waals surface area contributed by atoms with Crippen LogP contribution in [-0.2, 0) is 7.05 Å². The van der Waals surface area contributed by atoms with Crippen LogP contribution in [0.3, 0.4) is 0 Å². The van der Waals surface area contributed by atoms with E-state index in [2.05, 4.69) is 34.2 Å². The molecule has 1 N–H and O–H groups in total. The highest BCUT2D eigenvalue weighted by Gasteiger charge is 2.37. The Kier molecular flexibility index (Phi) is 4.54. The lowest BCUT2D eigenvalue weighted by Crippen LogP contribution is -1.91. The lowest BCUT2D eigenvalue weighted by Gasteiger charge is -2.07. The van der Waals surface area contributed by atoms with Gasteiger partial charge in [-0.1, -0.05) is 35.9 Å². The van der Waals surface area contributed by atoms with E-state index < -0.39 is 0 Å². The quantitative estimate of drug-likeness (QED) is 0.723. The number of nitrogens with zero attached hydrogens (tertiary/aromatic N) is 3. The van der Waals surface area contributed by atoms with Gasteiger partial charge in [-0.15, -0.1) is 0 Å². The first kappa shape index (κ1) is 16.6. The van der Waals surface area contributed by atoms with Crippen LogP contribution in [0.5, 0.6) is 0 Å². The summed E-state index contributed by atoms with van der Waals surface area (Å²) in [4.78, 5) is 8.93.